The number of hydrogen-bond acceptors (Lipinski definition) is 3. The summed E-state index contributed by atoms with van der Waals surface area (Å²) >= 11 is 0. The lowest BCUT2D eigenvalue weighted by Crippen LogP contribution is -2.30. The molecule has 5 nitrogen and oxygen atoms in total. The molecule has 0 unspecified atom stereocenters. The van der Waals surface area contributed by atoms with E-state index in [1.54, 1.807) is 24.5 Å². The van der Waals surface area contributed by atoms with Gasteiger partial charge in [0.05, 0.1) is 6.04 Å². The van der Waals surface area contributed by atoms with Crippen LogP contribution in [0, 0.1) is 5.82 Å². The summed E-state index contributed by atoms with van der Waals surface area (Å²) in [4.78, 5) is 16.0. The zero-order valence-electron chi connectivity index (χ0n) is 9.98. The molecule has 0 saturated carbocycles. The van der Waals surface area contributed by atoms with Crippen LogP contribution in [-0.2, 0) is 0 Å². The van der Waals surface area contributed by atoms with E-state index in [1.165, 1.54) is 34.2 Å². The molecule has 0 N–H and O–H groups in total. The second kappa shape index (κ2) is 4.64. The Balaban J connectivity index is 1.89. The molecule has 0 radical (unpaired) electrons. The van der Waals surface area contributed by atoms with Gasteiger partial charge in [-0.1, -0.05) is 12.1 Å². The van der Waals surface area contributed by atoms with Gasteiger partial charge in [-0.2, -0.15) is 5.10 Å². The Bertz CT molecular complexity index is 623. The number of hydrogen-bond donors (Lipinski definition) is 0. The van der Waals surface area contributed by atoms with Crippen molar-refractivity contribution in [2.45, 2.75) is 12.5 Å². The largest absolute Gasteiger partial charge is 0.350 e. The molecule has 1 aliphatic rings. The van der Waals surface area contributed by atoms with Gasteiger partial charge in [0, 0.05) is 25.0 Å². The molecule has 0 fully saturated rings. The number of halogens is 1. The summed E-state index contributed by atoms with van der Waals surface area (Å²) in [6, 6.07) is 5.64. The first-order chi connectivity index (χ1) is 9.25. The summed E-state index contributed by atoms with van der Waals surface area (Å²) in [7, 11) is 0. The predicted molar refractivity (Wildman–Crippen MR) is 67.1 cm³/mol. The smallest absolute Gasteiger partial charge is 0.257 e. The lowest BCUT2D eigenvalue weighted by atomic mass is 10.0. The van der Waals surface area contributed by atoms with E-state index in [0.717, 1.165) is 5.56 Å². The van der Waals surface area contributed by atoms with Gasteiger partial charge in [-0.05, 0) is 17.7 Å². The molecule has 3 rings (SSSR count). The Morgan fingerprint density at radius 1 is 1.42 bits per heavy atom. The molecular weight excluding hydrogens is 247 g/mol. The van der Waals surface area contributed by atoms with E-state index in [0.29, 0.717) is 6.42 Å². The van der Waals surface area contributed by atoms with E-state index in [4.69, 9.17) is 0 Å². The molecule has 0 aliphatic carbocycles. The maximum atomic E-state index is 13.3. The normalized spacial score (nSPS) is 17.9. The highest BCUT2D eigenvalue weighted by Gasteiger charge is 2.29. The minimum Gasteiger partial charge on any atom is -0.257 e. The highest BCUT2D eigenvalue weighted by atomic mass is 19.1. The van der Waals surface area contributed by atoms with E-state index >= 15 is 0 Å². The molecule has 2 aromatic rings. The van der Waals surface area contributed by atoms with Crippen LogP contribution < -0.4 is 0 Å². The Kier molecular flexibility index (Phi) is 2.83. The zero-order chi connectivity index (χ0) is 13.2. The van der Waals surface area contributed by atoms with E-state index in [-0.39, 0.29) is 17.9 Å². The van der Waals surface area contributed by atoms with Gasteiger partial charge in [-0.25, -0.2) is 19.2 Å². The van der Waals surface area contributed by atoms with Gasteiger partial charge in [-0.3, -0.25) is 4.57 Å². The quantitative estimate of drug-likeness (QED) is 0.788. The maximum Gasteiger partial charge on any atom is 0.350 e. The van der Waals surface area contributed by atoms with Crippen molar-refractivity contribution in [3.8, 4) is 0 Å². The fourth-order valence-electron chi connectivity index (χ4n) is 2.08. The van der Waals surface area contributed by atoms with Gasteiger partial charge in [0.1, 0.15) is 12.1 Å². The summed E-state index contributed by atoms with van der Waals surface area (Å²) in [5.74, 6) is -0.320. The monoisotopic (exact) mass is 258 g/mol. The van der Waals surface area contributed by atoms with Crippen molar-refractivity contribution in [3.05, 3.63) is 54.4 Å². The Morgan fingerprint density at radius 3 is 3.05 bits per heavy atom. The van der Waals surface area contributed by atoms with Crippen molar-refractivity contribution in [1.82, 2.24) is 14.6 Å². The van der Waals surface area contributed by atoms with Crippen LogP contribution in [0.1, 0.15) is 18.0 Å². The number of nitrogens with zero attached hydrogens (tertiary/aromatic N) is 4. The molecule has 1 atom stereocenters. The van der Waals surface area contributed by atoms with E-state index in [2.05, 4.69) is 10.1 Å². The number of benzene rings is 1. The second-order valence-corrected chi connectivity index (χ2v) is 4.20. The molecule has 1 aliphatic heterocycles. The van der Waals surface area contributed by atoms with Crippen LogP contribution in [0.5, 0.6) is 0 Å². The van der Waals surface area contributed by atoms with Crippen LogP contribution in [0.3, 0.4) is 0 Å². The number of amides is 1. The molecule has 1 aromatic carbocycles. The first-order valence-corrected chi connectivity index (χ1v) is 5.85. The van der Waals surface area contributed by atoms with Crippen LogP contribution in [0.25, 0.3) is 0 Å². The molecule has 2 heterocycles. The summed E-state index contributed by atoms with van der Waals surface area (Å²) < 4.78 is 14.6. The van der Waals surface area contributed by atoms with Crippen molar-refractivity contribution in [1.29, 1.82) is 0 Å². The highest BCUT2D eigenvalue weighted by molar-refractivity contribution is 5.80. The van der Waals surface area contributed by atoms with Gasteiger partial charge < -0.3 is 0 Å². The summed E-state index contributed by atoms with van der Waals surface area (Å²) in [5, 5.41) is 5.41. The zero-order valence-corrected chi connectivity index (χ0v) is 9.98. The average Bonchev–Trinajstić information content (AvgIpc) is 3.09. The topological polar surface area (TPSA) is 50.5 Å². The highest BCUT2D eigenvalue weighted by Crippen LogP contribution is 2.28. The Morgan fingerprint density at radius 2 is 2.32 bits per heavy atom. The van der Waals surface area contributed by atoms with Crippen molar-refractivity contribution in [2.24, 2.45) is 5.10 Å². The van der Waals surface area contributed by atoms with Gasteiger partial charge in [-0.15, -0.1) is 0 Å². The molecule has 96 valence electrons. The molecule has 1 aromatic heterocycles. The first-order valence-electron chi connectivity index (χ1n) is 5.85. The minimum atomic E-state index is -0.320. The van der Waals surface area contributed by atoms with Crippen LogP contribution >= 0.6 is 0 Å². The molecule has 6 heteroatoms. The maximum absolute atomic E-state index is 13.3. The van der Waals surface area contributed by atoms with E-state index < -0.39 is 0 Å². The third-order valence-corrected chi connectivity index (χ3v) is 2.98. The average molecular weight is 258 g/mol. The Labute approximate surface area is 109 Å². The summed E-state index contributed by atoms with van der Waals surface area (Å²) in [5.41, 5.74) is 0.728. The molecule has 19 heavy (non-hydrogen) atoms. The number of rotatable bonds is 1. The fourth-order valence-corrected chi connectivity index (χ4v) is 2.08. The van der Waals surface area contributed by atoms with Crippen LogP contribution in [-0.4, -0.2) is 26.8 Å². The molecule has 0 saturated heterocycles. The predicted octanol–water partition coefficient (Wildman–Crippen LogP) is 2.42. The summed E-state index contributed by atoms with van der Waals surface area (Å²) in [6.45, 7) is 0. The van der Waals surface area contributed by atoms with Gasteiger partial charge >= 0.3 is 6.03 Å². The van der Waals surface area contributed by atoms with Crippen molar-refractivity contribution < 1.29 is 9.18 Å². The van der Waals surface area contributed by atoms with E-state index in [9.17, 15) is 9.18 Å². The van der Waals surface area contributed by atoms with Gasteiger partial charge in [0.25, 0.3) is 0 Å². The molecule has 0 spiro atoms. The lowest BCUT2D eigenvalue weighted by molar-refractivity contribution is 0.187. The van der Waals surface area contributed by atoms with Crippen molar-refractivity contribution in [3.63, 3.8) is 0 Å². The van der Waals surface area contributed by atoms with Gasteiger partial charge in [0.2, 0.25) is 0 Å². The minimum absolute atomic E-state index is 0.273. The second-order valence-electron chi connectivity index (χ2n) is 4.20. The Hall–Kier alpha value is -2.50. The number of aromatic nitrogens is 2. The summed E-state index contributed by atoms with van der Waals surface area (Å²) in [6.07, 6.45) is 6.72. The van der Waals surface area contributed by atoms with Crippen LogP contribution in [0.2, 0.25) is 0 Å². The number of hydrazone groups is 1. The van der Waals surface area contributed by atoms with E-state index in [1.807, 2.05) is 0 Å². The number of carbonyl (C=O) groups excluding carboxylic acids is 1. The van der Waals surface area contributed by atoms with Crippen molar-refractivity contribution >= 4 is 12.2 Å². The SMILES string of the molecule is O=C(N1N=CC[C@H]1c1cccc(F)c1)n1ccnc1. The van der Waals surface area contributed by atoms with Crippen LogP contribution in [0.4, 0.5) is 9.18 Å². The standard InChI is InChI=1S/C13H11FN4O/c14-11-3-1-2-10(8-11)12-4-5-16-18(12)13(19)17-7-6-15-9-17/h1-3,5-9,12H,4H2/t12-/m0/s1. The van der Waals surface area contributed by atoms with Gasteiger partial charge in [0.15, 0.2) is 0 Å². The third kappa shape index (κ3) is 2.12. The third-order valence-electron chi connectivity index (χ3n) is 2.98. The van der Waals surface area contributed by atoms with Crippen LogP contribution in [0.15, 0.2) is 48.1 Å². The van der Waals surface area contributed by atoms with Crippen molar-refractivity contribution in [2.75, 3.05) is 0 Å². The lowest BCUT2D eigenvalue weighted by Gasteiger charge is -2.22. The number of imidazole rings is 1. The first kappa shape index (κ1) is 11.6. The fraction of sp³-hybridized carbons (Fsp3) is 0.154. The number of carbonyl (C=O) groups is 1. The molecule has 0 bridgehead atoms. The molecular formula is C13H11FN4O. The molecule has 1 amide bonds.